The van der Waals surface area contributed by atoms with E-state index in [0.29, 0.717) is 24.7 Å². The Balaban J connectivity index is 2.16. The van der Waals surface area contributed by atoms with Gasteiger partial charge in [0.25, 0.3) is 0 Å². The molecule has 0 bridgehead atoms. The molecule has 0 saturated carbocycles. The molecule has 1 rings (SSSR count). The van der Waals surface area contributed by atoms with Crippen molar-refractivity contribution in [1.82, 2.24) is 0 Å². The van der Waals surface area contributed by atoms with E-state index in [1.54, 1.807) is 14.2 Å². The number of ether oxygens (including phenoxy) is 3. The average Bonchev–Trinajstić information content (AvgIpc) is 2.43. The van der Waals surface area contributed by atoms with E-state index < -0.39 is 0 Å². The van der Waals surface area contributed by atoms with E-state index in [-0.39, 0.29) is 0 Å². The van der Waals surface area contributed by atoms with Crippen LogP contribution in [0.3, 0.4) is 0 Å². The largest absolute Gasteiger partial charge is 0.495 e. The quantitative estimate of drug-likeness (QED) is 0.502. The van der Waals surface area contributed by atoms with E-state index in [2.05, 4.69) is 5.32 Å². The summed E-state index contributed by atoms with van der Waals surface area (Å²) in [6.45, 7) is 2.94. The summed E-state index contributed by atoms with van der Waals surface area (Å²) in [6.07, 6.45) is 2.05. The van der Waals surface area contributed by atoms with Crippen LogP contribution in [-0.4, -0.2) is 40.6 Å². The minimum Gasteiger partial charge on any atom is -0.495 e. The van der Waals surface area contributed by atoms with Crippen LogP contribution in [0.25, 0.3) is 0 Å². The van der Waals surface area contributed by atoms with Gasteiger partial charge in [-0.05, 0) is 25.0 Å². The Morgan fingerprint density at radius 2 is 1.95 bits per heavy atom. The molecular formula is C14H24N2O3. The lowest BCUT2D eigenvalue weighted by Gasteiger charge is -2.12. The lowest BCUT2D eigenvalue weighted by Crippen LogP contribution is -2.07. The predicted molar refractivity (Wildman–Crippen MR) is 77.8 cm³/mol. The maximum absolute atomic E-state index is 5.96. The molecule has 5 nitrogen and oxygen atoms in total. The highest BCUT2D eigenvalue weighted by atomic mass is 16.5. The van der Waals surface area contributed by atoms with Crippen molar-refractivity contribution in [1.29, 1.82) is 0 Å². The maximum atomic E-state index is 5.96. The van der Waals surface area contributed by atoms with Crippen molar-refractivity contribution in [2.75, 3.05) is 51.6 Å². The summed E-state index contributed by atoms with van der Waals surface area (Å²) in [7, 11) is 3.29. The van der Waals surface area contributed by atoms with Crippen molar-refractivity contribution in [2.45, 2.75) is 12.8 Å². The summed E-state index contributed by atoms with van der Waals surface area (Å²) >= 11 is 0. The van der Waals surface area contributed by atoms with Gasteiger partial charge in [0.1, 0.15) is 5.75 Å². The summed E-state index contributed by atoms with van der Waals surface area (Å²) in [5, 5.41) is 3.30. The zero-order valence-corrected chi connectivity index (χ0v) is 11.8. The number of benzene rings is 1. The molecule has 0 saturated heterocycles. The molecule has 3 N–H and O–H groups in total. The highest BCUT2D eigenvalue weighted by Gasteiger charge is 2.03. The SMILES string of the molecule is COCCOCCCCNc1cccc(OC)c1N. The molecule has 5 heteroatoms. The van der Waals surface area contributed by atoms with Crippen LogP contribution < -0.4 is 15.8 Å². The number of anilines is 2. The first-order chi connectivity index (χ1) is 9.29. The van der Waals surface area contributed by atoms with Crippen molar-refractivity contribution in [2.24, 2.45) is 0 Å². The molecule has 0 aromatic heterocycles. The Labute approximate surface area is 115 Å². The van der Waals surface area contributed by atoms with Gasteiger partial charge < -0.3 is 25.3 Å². The third-order valence-corrected chi connectivity index (χ3v) is 2.75. The molecule has 0 spiro atoms. The summed E-state index contributed by atoms with van der Waals surface area (Å²) in [4.78, 5) is 0. The number of hydrogen-bond acceptors (Lipinski definition) is 5. The van der Waals surface area contributed by atoms with Crippen molar-refractivity contribution >= 4 is 11.4 Å². The molecule has 0 atom stereocenters. The molecule has 0 unspecified atom stereocenters. The van der Waals surface area contributed by atoms with Gasteiger partial charge >= 0.3 is 0 Å². The van der Waals surface area contributed by atoms with Crippen LogP contribution >= 0.6 is 0 Å². The zero-order valence-electron chi connectivity index (χ0n) is 11.8. The minimum absolute atomic E-state index is 0.651. The number of hydrogen-bond donors (Lipinski definition) is 2. The number of unbranched alkanes of at least 4 members (excludes halogenated alkanes) is 1. The lowest BCUT2D eigenvalue weighted by atomic mass is 10.2. The maximum Gasteiger partial charge on any atom is 0.143 e. The second-order valence-corrected chi connectivity index (χ2v) is 4.16. The number of para-hydroxylation sites is 1. The first-order valence-corrected chi connectivity index (χ1v) is 6.52. The Bertz CT molecular complexity index is 359. The molecule has 0 aliphatic rings. The van der Waals surface area contributed by atoms with E-state index in [9.17, 15) is 0 Å². The van der Waals surface area contributed by atoms with Crippen molar-refractivity contribution < 1.29 is 14.2 Å². The van der Waals surface area contributed by atoms with Crippen molar-refractivity contribution in [3.63, 3.8) is 0 Å². The minimum atomic E-state index is 0.651. The smallest absolute Gasteiger partial charge is 0.143 e. The van der Waals surface area contributed by atoms with Crippen LogP contribution in [0.15, 0.2) is 18.2 Å². The fourth-order valence-electron chi connectivity index (χ4n) is 1.67. The van der Waals surface area contributed by atoms with E-state index >= 15 is 0 Å². The standard InChI is InChI=1S/C14H24N2O3/c1-17-10-11-19-9-4-3-8-16-12-6-5-7-13(18-2)14(12)15/h5-7,16H,3-4,8-11,15H2,1-2H3. The summed E-state index contributed by atoms with van der Waals surface area (Å²) in [5.41, 5.74) is 7.53. The highest BCUT2D eigenvalue weighted by molar-refractivity contribution is 5.72. The van der Waals surface area contributed by atoms with Crippen molar-refractivity contribution in [3.05, 3.63) is 18.2 Å². The summed E-state index contributed by atoms with van der Waals surface area (Å²) < 4.78 is 15.5. The fraction of sp³-hybridized carbons (Fsp3) is 0.571. The normalized spacial score (nSPS) is 10.4. The molecule has 0 radical (unpaired) electrons. The molecule has 0 heterocycles. The molecule has 1 aromatic carbocycles. The molecule has 0 aliphatic carbocycles. The second kappa shape index (κ2) is 9.47. The van der Waals surface area contributed by atoms with Gasteiger partial charge in [-0.2, -0.15) is 0 Å². The van der Waals surface area contributed by atoms with Crippen LogP contribution in [0.4, 0.5) is 11.4 Å². The zero-order chi connectivity index (χ0) is 13.9. The molecule has 19 heavy (non-hydrogen) atoms. The molecule has 108 valence electrons. The van der Waals surface area contributed by atoms with Gasteiger partial charge in [-0.15, -0.1) is 0 Å². The Morgan fingerprint density at radius 1 is 1.11 bits per heavy atom. The van der Waals surface area contributed by atoms with Crippen LogP contribution in [-0.2, 0) is 9.47 Å². The molecule has 0 amide bonds. The monoisotopic (exact) mass is 268 g/mol. The Kier molecular flexibility index (Phi) is 7.77. The van der Waals surface area contributed by atoms with Gasteiger partial charge in [0.05, 0.1) is 31.7 Å². The lowest BCUT2D eigenvalue weighted by molar-refractivity contribution is 0.0691. The fourth-order valence-corrected chi connectivity index (χ4v) is 1.67. The number of methoxy groups -OCH3 is 2. The average molecular weight is 268 g/mol. The van der Waals surface area contributed by atoms with E-state index in [1.165, 1.54) is 0 Å². The molecule has 1 aromatic rings. The van der Waals surface area contributed by atoms with E-state index in [1.807, 2.05) is 18.2 Å². The predicted octanol–water partition coefficient (Wildman–Crippen LogP) is 2.13. The van der Waals surface area contributed by atoms with Crippen LogP contribution in [0.2, 0.25) is 0 Å². The van der Waals surface area contributed by atoms with Crippen molar-refractivity contribution in [3.8, 4) is 5.75 Å². The number of nitrogens with two attached hydrogens (primary N) is 1. The first-order valence-electron chi connectivity index (χ1n) is 6.52. The third kappa shape index (κ3) is 5.81. The van der Waals surface area contributed by atoms with E-state index in [4.69, 9.17) is 19.9 Å². The van der Waals surface area contributed by atoms with Gasteiger partial charge in [0, 0.05) is 20.3 Å². The number of rotatable bonds is 10. The molecular weight excluding hydrogens is 244 g/mol. The van der Waals surface area contributed by atoms with E-state index in [0.717, 1.165) is 31.7 Å². The number of nitrogens with one attached hydrogen (secondary N) is 1. The topological polar surface area (TPSA) is 65.7 Å². The summed E-state index contributed by atoms with van der Waals surface area (Å²) in [6, 6.07) is 5.72. The van der Waals surface area contributed by atoms with Gasteiger partial charge in [0.2, 0.25) is 0 Å². The molecule has 0 aliphatic heterocycles. The number of nitrogen functional groups attached to an aromatic ring is 1. The molecule has 0 fully saturated rings. The van der Waals surface area contributed by atoms with Gasteiger partial charge in [0.15, 0.2) is 0 Å². The van der Waals surface area contributed by atoms with Crippen LogP contribution in [0.1, 0.15) is 12.8 Å². The van der Waals surface area contributed by atoms with Gasteiger partial charge in [-0.25, -0.2) is 0 Å². The Morgan fingerprint density at radius 3 is 2.68 bits per heavy atom. The van der Waals surface area contributed by atoms with Gasteiger partial charge in [-0.3, -0.25) is 0 Å². The Hall–Kier alpha value is -1.46. The van der Waals surface area contributed by atoms with Crippen LogP contribution in [0.5, 0.6) is 5.75 Å². The summed E-state index contributed by atoms with van der Waals surface area (Å²) in [5.74, 6) is 0.702. The first kappa shape index (κ1) is 15.6. The third-order valence-electron chi connectivity index (χ3n) is 2.75. The van der Waals surface area contributed by atoms with Gasteiger partial charge in [-0.1, -0.05) is 6.07 Å². The highest BCUT2D eigenvalue weighted by Crippen LogP contribution is 2.28. The van der Waals surface area contributed by atoms with Crippen LogP contribution in [0, 0.1) is 0 Å². The second-order valence-electron chi connectivity index (χ2n) is 4.16.